The lowest BCUT2D eigenvalue weighted by Crippen LogP contribution is -2.35. The van der Waals surface area contributed by atoms with Crippen LogP contribution >= 0.6 is 0 Å². The normalized spacial score (nSPS) is 12.1. The molecule has 0 aliphatic carbocycles. The minimum absolute atomic E-state index is 0.0286. The Morgan fingerprint density at radius 3 is 2.83 bits per heavy atom. The van der Waals surface area contributed by atoms with Gasteiger partial charge in [-0.1, -0.05) is 31.2 Å². The van der Waals surface area contributed by atoms with Crippen molar-refractivity contribution in [2.45, 2.75) is 19.4 Å². The summed E-state index contributed by atoms with van der Waals surface area (Å²) in [5, 5.41) is 3.28. The Hall–Kier alpha value is -1.32. The summed E-state index contributed by atoms with van der Waals surface area (Å²) >= 11 is 0. The molecule has 0 bridgehead atoms. The Kier molecular flexibility index (Phi) is 7.14. The molecule has 1 aromatic rings. The van der Waals surface area contributed by atoms with E-state index in [-0.39, 0.29) is 6.10 Å². The zero-order valence-electron chi connectivity index (χ0n) is 11.3. The Labute approximate surface area is 110 Å². The van der Waals surface area contributed by atoms with E-state index in [1.807, 2.05) is 24.3 Å². The number of methoxy groups -OCH3 is 1. The van der Waals surface area contributed by atoms with Gasteiger partial charge in [-0.2, -0.15) is 0 Å². The van der Waals surface area contributed by atoms with Gasteiger partial charge in [-0.25, -0.2) is 0 Å². The molecule has 1 N–H and O–H groups in total. The first-order valence-corrected chi connectivity index (χ1v) is 6.36. The van der Waals surface area contributed by atoms with Gasteiger partial charge in [-0.15, -0.1) is 6.58 Å². The lowest BCUT2D eigenvalue weighted by atomic mass is 10.1. The Morgan fingerprint density at radius 2 is 2.17 bits per heavy atom. The third-order valence-electron chi connectivity index (χ3n) is 2.61. The van der Waals surface area contributed by atoms with Crippen molar-refractivity contribution >= 4 is 0 Å². The smallest absolute Gasteiger partial charge is 0.134 e. The summed E-state index contributed by atoms with van der Waals surface area (Å²) in [6, 6.07) is 8.06. The third kappa shape index (κ3) is 4.90. The van der Waals surface area contributed by atoms with Crippen molar-refractivity contribution in [3.63, 3.8) is 0 Å². The fourth-order valence-electron chi connectivity index (χ4n) is 1.75. The first kappa shape index (κ1) is 14.7. The Balaban J connectivity index is 2.69. The highest BCUT2D eigenvalue weighted by molar-refractivity contribution is 5.34. The van der Waals surface area contributed by atoms with E-state index < -0.39 is 0 Å². The van der Waals surface area contributed by atoms with E-state index in [1.165, 1.54) is 0 Å². The van der Waals surface area contributed by atoms with E-state index in [9.17, 15) is 0 Å². The molecular weight excluding hydrogens is 226 g/mol. The van der Waals surface area contributed by atoms with Crippen LogP contribution in [0.1, 0.15) is 12.5 Å². The molecule has 1 unspecified atom stereocenters. The molecule has 0 aromatic heterocycles. The SMILES string of the molecule is C=CCc1ccccc1OC(CNCC)COC. The van der Waals surface area contributed by atoms with Crippen molar-refractivity contribution in [3.8, 4) is 5.75 Å². The number of nitrogens with one attached hydrogen (secondary N) is 1. The van der Waals surface area contributed by atoms with E-state index in [2.05, 4.69) is 24.9 Å². The number of hydrogen-bond donors (Lipinski definition) is 1. The van der Waals surface area contributed by atoms with Gasteiger partial charge in [0.05, 0.1) is 6.61 Å². The topological polar surface area (TPSA) is 30.5 Å². The molecule has 1 aromatic carbocycles. The van der Waals surface area contributed by atoms with Gasteiger partial charge in [-0.05, 0) is 24.6 Å². The van der Waals surface area contributed by atoms with Crippen LogP contribution in [-0.4, -0.2) is 32.9 Å². The predicted octanol–water partition coefficient (Wildman–Crippen LogP) is 2.42. The second kappa shape index (κ2) is 8.72. The zero-order chi connectivity index (χ0) is 13.2. The minimum atomic E-state index is 0.0286. The maximum atomic E-state index is 6.01. The average Bonchev–Trinajstić information content (AvgIpc) is 2.39. The van der Waals surface area contributed by atoms with Crippen LogP contribution in [0.3, 0.4) is 0 Å². The minimum Gasteiger partial charge on any atom is -0.486 e. The van der Waals surface area contributed by atoms with E-state index in [1.54, 1.807) is 7.11 Å². The van der Waals surface area contributed by atoms with E-state index >= 15 is 0 Å². The summed E-state index contributed by atoms with van der Waals surface area (Å²) in [4.78, 5) is 0. The van der Waals surface area contributed by atoms with Crippen LogP contribution in [0.15, 0.2) is 36.9 Å². The van der Waals surface area contributed by atoms with Crippen LogP contribution in [0.5, 0.6) is 5.75 Å². The monoisotopic (exact) mass is 249 g/mol. The molecule has 0 spiro atoms. The zero-order valence-corrected chi connectivity index (χ0v) is 11.3. The standard InChI is InChI=1S/C15H23NO2/c1-4-8-13-9-6-7-10-15(13)18-14(12-17-3)11-16-5-2/h4,6-7,9-10,14,16H,1,5,8,11-12H2,2-3H3. The highest BCUT2D eigenvalue weighted by atomic mass is 16.5. The number of para-hydroxylation sites is 1. The van der Waals surface area contributed by atoms with Crippen LogP contribution in [0.2, 0.25) is 0 Å². The lowest BCUT2D eigenvalue weighted by molar-refractivity contribution is 0.0804. The molecule has 0 fully saturated rings. The highest BCUT2D eigenvalue weighted by Crippen LogP contribution is 2.20. The largest absolute Gasteiger partial charge is 0.486 e. The molecule has 18 heavy (non-hydrogen) atoms. The van der Waals surface area contributed by atoms with E-state index in [4.69, 9.17) is 9.47 Å². The Bertz CT molecular complexity index is 352. The van der Waals surface area contributed by atoms with Crippen LogP contribution in [0.25, 0.3) is 0 Å². The number of rotatable bonds is 9. The molecule has 3 heteroatoms. The van der Waals surface area contributed by atoms with Gasteiger partial charge in [0.1, 0.15) is 11.9 Å². The van der Waals surface area contributed by atoms with Gasteiger partial charge in [-0.3, -0.25) is 0 Å². The van der Waals surface area contributed by atoms with Crippen molar-refractivity contribution in [2.24, 2.45) is 0 Å². The lowest BCUT2D eigenvalue weighted by Gasteiger charge is -2.20. The van der Waals surface area contributed by atoms with Gasteiger partial charge in [0.2, 0.25) is 0 Å². The van der Waals surface area contributed by atoms with Crippen molar-refractivity contribution in [1.29, 1.82) is 0 Å². The van der Waals surface area contributed by atoms with E-state index in [0.717, 1.165) is 30.8 Å². The van der Waals surface area contributed by atoms with Crippen molar-refractivity contribution in [1.82, 2.24) is 5.32 Å². The summed E-state index contributed by atoms with van der Waals surface area (Å²) in [7, 11) is 1.69. The highest BCUT2D eigenvalue weighted by Gasteiger charge is 2.11. The van der Waals surface area contributed by atoms with Crippen LogP contribution in [-0.2, 0) is 11.2 Å². The molecule has 0 heterocycles. The van der Waals surface area contributed by atoms with Crippen molar-refractivity contribution < 1.29 is 9.47 Å². The number of benzene rings is 1. The average molecular weight is 249 g/mol. The maximum Gasteiger partial charge on any atom is 0.134 e. The second-order valence-corrected chi connectivity index (χ2v) is 4.10. The molecule has 0 saturated heterocycles. The summed E-state index contributed by atoms with van der Waals surface area (Å²) in [6.07, 6.45) is 2.73. The van der Waals surface area contributed by atoms with Gasteiger partial charge in [0.15, 0.2) is 0 Å². The second-order valence-electron chi connectivity index (χ2n) is 4.10. The molecule has 1 atom stereocenters. The molecular formula is C15H23NO2. The summed E-state index contributed by atoms with van der Waals surface area (Å²) in [5.41, 5.74) is 1.16. The Morgan fingerprint density at radius 1 is 1.39 bits per heavy atom. The summed E-state index contributed by atoms with van der Waals surface area (Å²) in [6.45, 7) is 8.14. The maximum absolute atomic E-state index is 6.01. The molecule has 0 aliphatic rings. The van der Waals surface area contributed by atoms with Gasteiger partial charge < -0.3 is 14.8 Å². The quantitative estimate of drug-likeness (QED) is 0.682. The van der Waals surface area contributed by atoms with Crippen LogP contribution < -0.4 is 10.1 Å². The molecule has 0 aliphatic heterocycles. The third-order valence-corrected chi connectivity index (χ3v) is 2.61. The van der Waals surface area contributed by atoms with Crippen molar-refractivity contribution in [2.75, 3.05) is 26.8 Å². The molecule has 3 nitrogen and oxygen atoms in total. The number of ether oxygens (including phenoxy) is 2. The predicted molar refractivity (Wildman–Crippen MR) is 75.2 cm³/mol. The van der Waals surface area contributed by atoms with E-state index in [0.29, 0.717) is 6.61 Å². The molecule has 1 rings (SSSR count). The van der Waals surface area contributed by atoms with Crippen LogP contribution in [0, 0.1) is 0 Å². The van der Waals surface area contributed by atoms with Crippen molar-refractivity contribution in [3.05, 3.63) is 42.5 Å². The molecule has 0 saturated carbocycles. The van der Waals surface area contributed by atoms with Gasteiger partial charge in [0, 0.05) is 13.7 Å². The fraction of sp³-hybridized carbons (Fsp3) is 0.467. The fourth-order valence-corrected chi connectivity index (χ4v) is 1.75. The number of hydrogen-bond acceptors (Lipinski definition) is 3. The number of likely N-dealkylation sites (N-methyl/N-ethyl adjacent to an activating group) is 1. The first-order chi connectivity index (χ1) is 8.81. The molecule has 0 radical (unpaired) electrons. The van der Waals surface area contributed by atoms with Gasteiger partial charge in [0.25, 0.3) is 0 Å². The van der Waals surface area contributed by atoms with Crippen LogP contribution in [0.4, 0.5) is 0 Å². The summed E-state index contributed by atoms with van der Waals surface area (Å²) in [5.74, 6) is 0.914. The first-order valence-electron chi connectivity index (χ1n) is 6.36. The van der Waals surface area contributed by atoms with Gasteiger partial charge >= 0.3 is 0 Å². The molecule has 100 valence electrons. The number of allylic oxidation sites excluding steroid dienone is 1. The molecule has 0 amide bonds. The summed E-state index contributed by atoms with van der Waals surface area (Å²) < 4.78 is 11.2.